The van der Waals surface area contributed by atoms with Crippen molar-refractivity contribution in [3.05, 3.63) is 51.7 Å². The van der Waals surface area contributed by atoms with Gasteiger partial charge in [-0.25, -0.2) is 9.48 Å². The van der Waals surface area contributed by atoms with Crippen LogP contribution in [0.25, 0.3) is 0 Å². The zero-order valence-electron chi connectivity index (χ0n) is 16.3. The third kappa shape index (κ3) is 4.02. The molecule has 0 saturated carbocycles. The summed E-state index contributed by atoms with van der Waals surface area (Å²) in [5.74, 6) is 0.474. The number of carbonyl (C=O) groups is 1. The predicted octanol–water partition coefficient (Wildman–Crippen LogP) is 0.608. The monoisotopic (exact) mass is 385 g/mol. The Hall–Kier alpha value is -2.45. The maximum atomic E-state index is 12.3. The molecule has 3 heterocycles. The number of aromatic nitrogens is 3. The molecule has 2 aliphatic heterocycles. The fourth-order valence-corrected chi connectivity index (χ4v) is 4.00. The Kier molecular flexibility index (Phi) is 5.59. The van der Waals surface area contributed by atoms with Crippen LogP contribution in [0.3, 0.4) is 0 Å². The molecule has 4 rings (SSSR count). The minimum Gasteiger partial charge on any atom is -0.368 e. The van der Waals surface area contributed by atoms with Crippen LogP contribution in [0.4, 0.5) is 0 Å². The number of nitrogens with one attached hydrogen (secondary N) is 1. The summed E-state index contributed by atoms with van der Waals surface area (Å²) >= 11 is 0. The molecule has 0 spiro atoms. The molecular weight excluding hydrogens is 358 g/mol. The van der Waals surface area contributed by atoms with Gasteiger partial charge >= 0.3 is 5.69 Å². The van der Waals surface area contributed by atoms with Gasteiger partial charge in [0.05, 0.1) is 19.6 Å². The zero-order valence-corrected chi connectivity index (χ0v) is 16.3. The molecule has 0 aliphatic carbocycles. The van der Waals surface area contributed by atoms with Crippen LogP contribution in [0, 0.1) is 0 Å². The molecular formula is C20H27N5O3. The Morgan fingerprint density at radius 2 is 2.11 bits per heavy atom. The van der Waals surface area contributed by atoms with Crippen molar-refractivity contribution in [2.45, 2.75) is 38.5 Å². The van der Waals surface area contributed by atoms with Crippen LogP contribution in [0.1, 0.15) is 35.9 Å². The first-order valence-electron chi connectivity index (χ1n) is 9.93. The van der Waals surface area contributed by atoms with Gasteiger partial charge in [-0.05, 0) is 24.0 Å². The second kappa shape index (κ2) is 8.28. The number of benzene rings is 1. The van der Waals surface area contributed by atoms with Crippen molar-refractivity contribution in [1.29, 1.82) is 0 Å². The smallest absolute Gasteiger partial charge is 0.345 e. The number of fused-ring (bicyclic) bond motifs is 2. The van der Waals surface area contributed by atoms with E-state index in [0.29, 0.717) is 25.5 Å². The van der Waals surface area contributed by atoms with Gasteiger partial charge in [-0.3, -0.25) is 14.3 Å². The summed E-state index contributed by atoms with van der Waals surface area (Å²) in [6.07, 6.45) is 1.73. The van der Waals surface area contributed by atoms with Gasteiger partial charge < -0.3 is 10.1 Å². The van der Waals surface area contributed by atoms with E-state index in [0.717, 1.165) is 32.5 Å². The lowest BCUT2D eigenvalue weighted by atomic mass is 10.00. The molecule has 1 aromatic heterocycles. The second-order valence-electron chi connectivity index (χ2n) is 7.48. The topological polar surface area (TPSA) is 81.4 Å². The Bertz CT molecular complexity index is 903. The fourth-order valence-electron chi connectivity index (χ4n) is 4.00. The highest BCUT2D eigenvalue weighted by Crippen LogP contribution is 2.22. The summed E-state index contributed by atoms with van der Waals surface area (Å²) in [7, 11) is 1.61. The molecule has 0 radical (unpaired) electrons. The fraction of sp³-hybridized carbons (Fsp3) is 0.550. The van der Waals surface area contributed by atoms with E-state index in [9.17, 15) is 9.59 Å². The van der Waals surface area contributed by atoms with Gasteiger partial charge in [0, 0.05) is 33.2 Å². The van der Waals surface area contributed by atoms with E-state index in [-0.39, 0.29) is 18.0 Å². The lowest BCUT2D eigenvalue weighted by Crippen LogP contribution is -2.35. The highest BCUT2D eigenvalue weighted by Gasteiger charge is 2.28. The standard InChI is InChI=1S/C20H27N5O3/c1-23-20(27)25-11-12-28-17(19(25)22-23)13-18(26)21-8-4-9-24-10-7-15-5-2-3-6-16(15)14-24/h2-3,5-6,17H,4,7-14H2,1H3,(H,21,26). The van der Waals surface area contributed by atoms with Crippen LogP contribution >= 0.6 is 0 Å². The largest absolute Gasteiger partial charge is 0.368 e. The third-order valence-electron chi connectivity index (χ3n) is 5.51. The minimum absolute atomic E-state index is 0.0689. The Balaban J connectivity index is 1.21. The third-order valence-corrected chi connectivity index (χ3v) is 5.51. The van der Waals surface area contributed by atoms with Crippen LogP contribution in [-0.4, -0.2) is 51.4 Å². The van der Waals surface area contributed by atoms with Crippen molar-refractivity contribution in [2.24, 2.45) is 7.05 Å². The van der Waals surface area contributed by atoms with E-state index in [1.54, 1.807) is 11.6 Å². The van der Waals surface area contributed by atoms with E-state index in [1.165, 1.54) is 15.8 Å². The van der Waals surface area contributed by atoms with Crippen molar-refractivity contribution in [3.63, 3.8) is 0 Å². The lowest BCUT2D eigenvalue weighted by Gasteiger charge is -2.28. The Morgan fingerprint density at radius 1 is 1.29 bits per heavy atom. The summed E-state index contributed by atoms with van der Waals surface area (Å²) < 4.78 is 8.56. The number of aryl methyl sites for hydroxylation is 1. The molecule has 2 aliphatic rings. The molecule has 1 N–H and O–H groups in total. The number of rotatable bonds is 6. The first-order valence-corrected chi connectivity index (χ1v) is 9.93. The number of amides is 1. The maximum Gasteiger partial charge on any atom is 0.345 e. The molecule has 28 heavy (non-hydrogen) atoms. The summed E-state index contributed by atoms with van der Waals surface area (Å²) in [5.41, 5.74) is 2.70. The molecule has 150 valence electrons. The number of hydrogen-bond donors (Lipinski definition) is 1. The number of hydrogen-bond acceptors (Lipinski definition) is 5. The highest BCUT2D eigenvalue weighted by atomic mass is 16.5. The molecule has 2 aromatic rings. The molecule has 0 bridgehead atoms. The van der Waals surface area contributed by atoms with E-state index in [4.69, 9.17) is 4.74 Å². The van der Waals surface area contributed by atoms with Gasteiger partial charge in [0.15, 0.2) is 5.82 Å². The van der Waals surface area contributed by atoms with Crippen LogP contribution < -0.4 is 11.0 Å². The van der Waals surface area contributed by atoms with Gasteiger partial charge in [-0.1, -0.05) is 24.3 Å². The van der Waals surface area contributed by atoms with Crippen molar-refractivity contribution in [1.82, 2.24) is 24.6 Å². The predicted molar refractivity (Wildman–Crippen MR) is 104 cm³/mol. The molecule has 0 saturated heterocycles. The average molecular weight is 385 g/mol. The van der Waals surface area contributed by atoms with Crippen LogP contribution in [0.2, 0.25) is 0 Å². The van der Waals surface area contributed by atoms with Crippen LogP contribution in [0.15, 0.2) is 29.1 Å². The number of carbonyl (C=O) groups excluding carboxylic acids is 1. The molecule has 1 aromatic carbocycles. The van der Waals surface area contributed by atoms with E-state index in [1.807, 2.05) is 0 Å². The zero-order chi connectivity index (χ0) is 19.5. The number of nitrogens with zero attached hydrogens (tertiary/aromatic N) is 4. The maximum absolute atomic E-state index is 12.3. The molecule has 0 fully saturated rings. The van der Waals surface area contributed by atoms with Crippen LogP contribution in [0.5, 0.6) is 0 Å². The molecule has 1 unspecified atom stereocenters. The van der Waals surface area contributed by atoms with Crippen molar-refractivity contribution >= 4 is 5.91 Å². The van der Waals surface area contributed by atoms with Crippen molar-refractivity contribution < 1.29 is 9.53 Å². The average Bonchev–Trinajstić information content (AvgIpc) is 3.00. The molecule has 8 nitrogen and oxygen atoms in total. The quantitative estimate of drug-likeness (QED) is 0.737. The van der Waals surface area contributed by atoms with Gasteiger partial charge in [0.2, 0.25) is 5.91 Å². The summed E-state index contributed by atoms with van der Waals surface area (Å²) in [4.78, 5) is 26.7. The summed E-state index contributed by atoms with van der Waals surface area (Å²) in [5, 5.41) is 7.19. The Labute approximate surface area is 164 Å². The van der Waals surface area contributed by atoms with Gasteiger partial charge in [-0.2, -0.15) is 5.10 Å². The van der Waals surface area contributed by atoms with Gasteiger partial charge in [0.25, 0.3) is 0 Å². The van der Waals surface area contributed by atoms with E-state index in [2.05, 4.69) is 39.6 Å². The first kappa shape index (κ1) is 18.9. The number of ether oxygens (including phenoxy) is 1. The summed E-state index contributed by atoms with van der Waals surface area (Å²) in [6.45, 7) is 4.56. The lowest BCUT2D eigenvalue weighted by molar-refractivity contribution is -0.125. The first-order chi connectivity index (χ1) is 13.6. The van der Waals surface area contributed by atoms with Gasteiger partial charge in [0.1, 0.15) is 6.10 Å². The van der Waals surface area contributed by atoms with Crippen molar-refractivity contribution in [2.75, 3.05) is 26.2 Å². The summed E-state index contributed by atoms with van der Waals surface area (Å²) in [6, 6.07) is 8.60. The highest BCUT2D eigenvalue weighted by molar-refractivity contribution is 5.76. The van der Waals surface area contributed by atoms with E-state index < -0.39 is 6.10 Å². The minimum atomic E-state index is -0.457. The van der Waals surface area contributed by atoms with Gasteiger partial charge in [-0.15, -0.1) is 0 Å². The van der Waals surface area contributed by atoms with E-state index >= 15 is 0 Å². The molecule has 1 atom stereocenters. The second-order valence-corrected chi connectivity index (χ2v) is 7.48. The van der Waals surface area contributed by atoms with Crippen LogP contribution in [-0.2, 0) is 36.1 Å². The molecule has 8 heteroatoms. The molecule has 1 amide bonds. The SMILES string of the molecule is Cn1nc2n(c1=O)CCOC2CC(=O)NCCCN1CCc2ccccc2C1. The Morgan fingerprint density at radius 3 is 2.96 bits per heavy atom. The normalized spacial score (nSPS) is 19.1. The van der Waals surface area contributed by atoms with Crippen molar-refractivity contribution in [3.8, 4) is 0 Å².